The molecular weight excluding hydrogens is 230 g/mol. The second kappa shape index (κ2) is 5.46. The minimum Gasteiger partial charge on any atom is -0.497 e. The summed E-state index contributed by atoms with van der Waals surface area (Å²) in [6.07, 6.45) is 1.57. The highest BCUT2D eigenvalue weighted by atomic mass is 16.5. The molecule has 5 nitrogen and oxygen atoms in total. The molecule has 1 heterocycles. The number of nitrogens with zero attached hydrogens (tertiary/aromatic N) is 2. The molecule has 0 aliphatic heterocycles. The Morgan fingerprint density at radius 1 is 1.33 bits per heavy atom. The predicted octanol–water partition coefficient (Wildman–Crippen LogP) is 0.952. The molecule has 2 rings (SSSR count). The molecule has 2 N–H and O–H groups in total. The van der Waals surface area contributed by atoms with Crippen LogP contribution >= 0.6 is 0 Å². The molecule has 1 atom stereocenters. The Bertz CT molecular complexity index is 563. The van der Waals surface area contributed by atoms with Gasteiger partial charge in [0.1, 0.15) is 5.75 Å². The average molecular weight is 245 g/mol. The van der Waals surface area contributed by atoms with Gasteiger partial charge in [0.2, 0.25) is 0 Å². The van der Waals surface area contributed by atoms with Crippen LogP contribution in [0.1, 0.15) is 11.6 Å². The maximum absolute atomic E-state index is 11.5. The fourth-order valence-corrected chi connectivity index (χ4v) is 1.67. The number of hydrogen-bond donors (Lipinski definition) is 1. The summed E-state index contributed by atoms with van der Waals surface area (Å²) >= 11 is 0. The maximum atomic E-state index is 11.5. The molecule has 0 saturated heterocycles. The lowest BCUT2D eigenvalue weighted by Crippen LogP contribution is -2.27. The molecule has 0 fully saturated rings. The summed E-state index contributed by atoms with van der Waals surface area (Å²) in [5, 5.41) is 3.98. The van der Waals surface area contributed by atoms with Gasteiger partial charge in [-0.2, -0.15) is 5.10 Å². The first-order valence-corrected chi connectivity index (χ1v) is 5.62. The Hall–Kier alpha value is -2.14. The third kappa shape index (κ3) is 2.75. The Morgan fingerprint density at radius 2 is 2.06 bits per heavy atom. The summed E-state index contributed by atoms with van der Waals surface area (Å²) in [5.41, 5.74) is 6.83. The van der Waals surface area contributed by atoms with Crippen molar-refractivity contribution < 1.29 is 4.74 Å². The first-order chi connectivity index (χ1) is 8.70. The van der Waals surface area contributed by atoms with Gasteiger partial charge < -0.3 is 10.5 Å². The van der Waals surface area contributed by atoms with Crippen LogP contribution in [-0.2, 0) is 6.54 Å². The van der Waals surface area contributed by atoms with Crippen LogP contribution in [0, 0.1) is 0 Å². The third-order valence-electron chi connectivity index (χ3n) is 2.70. The summed E-state index contributed by atoms with van der Waals surface area (Å²) in [7, 11) is 1.61. The fourth-order valence-electron chi connectivity index (χ4n) is 1.67. The first-order valence-electron chi connectivity index (χ1n) is 5.62. The topological polar surface area (TPSA) is 70.1 Å². The monoisotopic (exact) mass is 245 g/mol. The summed E-state index contributed by atoms with van der Waals surface area (Å²) in [6, 6.07) is 10.3. The number of aromatic nitrogens is 2. The minimum absolute atomic E-state index is 0.151. The van der Waals surface area contributed by atoms with Gasteiger partial charge in [-0.25, -0.2) is 4.68 Å². The molecule has 0 amide bonds. The van der Waals surface area contributed by atoms with E-state index in [-0.39, 0.29) is 11.6 Å². The molecule has 0 saturated carbocycles. The molecule has 0 aliphatic rings. The van der Waals surface area contributed by atoms with Gasteiger partial charge in [-0.15, -0.1) is 0 Å². The van der Waals surface area contributed by atoms with E-state index >= 15 is 0 Å². The summed E-state index contributed by atoms with van der Waals surface area (Å²) in [5.74, 6) is 0.779. The molecule has 0 radical (unpaired) electrons. The van der Waals surface area contributed by atoms with Gasteiger partial charge in [-0.05, 0) is 23.8 Å². The number of rotatable bonds is 4. The van der Waals surface area contributed by atoms with Crippen LogP contribution in [0.3, 0.4) is 0 Å². The standard InChI is InChI=1S/C13H15N3O2/c1-18-11-6-4-10(5-7-11)12(14)9-16-13(17)3-2-8-15-16/h2-8,12H,9,14H2,1H3. The predicted molar refractivity (Wildman–Crippen MR) is 68.4 cm³/mol. The van der Waals surface area contributed by atoms with Gasteiger partial charge in [0.25, 0.3) is 5.56 Å². The highest BCUT2D eigenvalue weighted by Crippen LogP contribution is 2.16. The number of methoxy groups -OCH3 is 1. The van der Waals surface area contributed by atoms with Crippen molar-refractivity contribution in [1.82, 2.24) is 9.78 Å². The van der Waals surface area contributed by atoms with E-state index in [1.54, 1.807) is 19.4 Å². The van der Waals surface area contributed by atoms with Crippen LogP contribution in [0.4, 0.5) is 0 Å². The fraction of sp³-hybridized carbons (Fsp3) is 0.231. The van der Waals surface area contributed by atoms with Crippen molar-refractivity contribution in [3.63, 3.8) is 0 Å². The van der Waals surface area contributed by atoms with Crippen molar-refractivity contribution in [3.8, 4) is 5.75 Å². The zero-order chi connectivity index (χ0) is 13.0. The third-order valence-corrected chi connectivity index (χ3v) is 2.70. The number of benzene rings is 1. The van der Waals surface area contributed by atoms with Gasteiger partial charge in [0.05, 0.1) is 13.7 Å². The van der Waals surface area contributed by atoms with Crippen molar-refractivity contribution >= 4 is 0 Å². The number of hydrogen-bond acceptors (Lipinski definition) is 4. The van der Waals surface area contributed by atoms with Gasteiger partial charge in [-0.3, -0.25) is 4.79 Å². The van der Waals surface area contributed by atoms with E-state index in [0.29, 0.717) is 6.54 Å². The Morgan fingerprint density at radius 3 is 2.67 bits per heavy atom. The molecule has 1 aromatic heterocycles. The van der Waals surface area contributed by atoms with E-state index in [0.717, 1.165) is 11.3 Å². The first kappa shape index (κ1) is 12.3. The molecule has 1 aromatic carbocycles. The summed E-state index contributed by atoms with van der Waals surface area (Å²) in [6.45, 7) is 0.353. The van der Waals surface area contributed by atoms with Gasteiger partial charge in [-0.1, -0.05) is 12.1 Å². The number of nitrogens with two attached hydrogens (primary N) is 1. The lowest BCUT2D eigenvalue weighted by atomic mass is 10.1. The zero-order valence-electron chi connectivity index (χ0n) is 10.1. The lowest BCUT2D eigenvalue weighted by molar-refractivity contribution is 0.414. The van der Waals surface area contributed by atoms with Crippen LogP contribution in [-0.4, -0.2) is 16.9 Å². The van der Waals surface area contributed by atoms with Gasteiger partial charge in [0, 0.05) is 18.3 Å². The number of ether oxygens (including phenoxy) is 1. The molecule has 18 heavy (non-hydrogen) atoms. The largest absolute Gasteiger partial charge is 0.497 e. The molecule has 0 bridgehead atoms. The molecular formula is C13H15N3O2. The van der Waals surface area contributed by atoms with Crippen molar-refractivity contribution in [1.29, 1.82) is 0 Å². The highest BCUT2D eigenvalue weighted by molar-refractivity contribution is 5.28. The van der Waals surface area contributed by atoms with Crippen LogP contribution in [0.5, 0.6) is 5.75 Å². The van der Waals surface area contributed by atoms with E-state index in [4.69, 9.17) is 10.5 Å². The van der Waals surface area contributed by atoms with Crippen LogP contribution in [0.2, 0.25) is 0 Å². The second-order valence-electron chi connectivity index (χ2n) is 3.92. The van der Waals surface area contributed by atoms with Crippen LogP contribution in [0.15, 0.2) is 47.4 Å². The second-order valence-corrected chi connectivity index (χ2v) is 3.92. The van der Waals surface area contributed by atoms with Crippen LogP contribution in [0.25, 0.3) is 0 Å². The smallest absolute Gasteiger partial charge is 0.266 e. The zero-order valence-corrected chi connectivity index (χ0v) is 10.1. The summed E-state index contributed by atoms with van der Waals surface area (Å²) in [4.78, 5) is 11.5. The average Bonchev–Trinajstić information content (AvgIpc) is 2.41. The Kier molecular flexibility index (Phi) is 3.74. The van der Waals surface area contributed by atoms with Crippen molar-refractivity contribution in [2.75, 3.05) is 7.11 Å². The van der Waals surface area contributed by atoms with Gasteiger partial charge in [0.15, 0.2) is 0 Å². The summed E-state index contributed by atoms with van der Waals surface area (Å²) < 4.78 is 6.43. The molecule has 2 aromatic rings. The van der Waals surface area contributed by atoms with E-state index in [9.17, 15) is 4.79 Å². The highest BCUT2D eigenvalue weighted by Gasteiger charge is 2.08. The SMILES string of the molecule is COc1ccc(C(N)Cn2ncccc2=O)cc1. The van der Waals surface area contributed by atoms with Crippen molar-refractivity contribution in [2.45, 2.75) is 12.6 Å². The molecule has 94 valence electrons. The molecule has 1 unspecified atom stereocenters. The Labute approximate surface area is 105 Å². The quantitative estimate of drug-likeness (QED) is 0.870. The van der Waals surface area contributed by atoms with E-state index in [1.165, 1.54) is 10.7 Å². The molecule has 0 spiro atoms. The van der Waals surface area contributed by atoms with Crippen molar-refractivity contribution in [2.24, 2.45) is 5.73 Å². The minimum atomic E-state index is -0.275. The van der Waals surface area contributed by atoms with Crippen molar-refractivity contribution in [3.05, 3.63) is 58.5 Å². The van der Waals surface area contributed by atoms with Crippen LogP contribution < -0.4 is 16.0 Å². The Balaban J connectivity index is 2.14. The lowest BCUT2D eigenvalue weighted by Gasteiger charge is -2.13. The van der Waals surface area contributed by atoms with E-state index < -0.39 is 0 Å². The maximum Gasteiger partial charge on any atom is 0.266 e. The molecule has 0 aliphatic carbocycles. The van der Waals surface area contributed by atoms with E-state index in [2.05, 4.69) is 5.10 Å². The van der Waals surface area contributed by atoms with E-state index in [1.807, 2.05) is 24.3 Å². The molecule has 5 heteroatoms. The van der Waals surface area contributed by atoms with Gasteiger partial charge >= 0.3 is 0 Å². The normalized spacial score (nSPS) is 12.1.